The summed E-state index contributed by atoms with van der Waals surface area (Å²) in [4.78, 5) is 27.1. The van der Waals surface area contributed by atoms with Crippen molar-refractivity contribution in [1.29, 1.82) is 0 Å². The Morgan fingerprint density at radius 3 is 2.60 bits per heavy atom. The Bertz CT molecular complexity index is 337. The van der Waals surface area contributed by atoms with Crippen LogP contribution in [0.3, 0.4) is 0 Å². The van der Waals surface area contributed by atoms with Gasteiger partial charge in [0.2, 0.25) is 11.8 Å². The van der Waals surface area contributed by atoms with Gasteiger partial charge in [-0.3, -0.25) is 14.5 Å². The van der Waals surface area contributed by atoms with E-state index in [4.69, 9.17) is 10.5 Å². The van der Waals surface area contributed by atoms with Crippen LogP contribution in [0.15, 0.2) is 0 Å². The zero-order chi connectivity index (χ0) is 14.4. The number of hydrogen-bond acceptors (Lipinski definition) is 5. The molecule has 2 heterocycles. The standard InChI is InChI=1S/C13H24N4O3/c14-8-12(18)15-9-13(19)17-5-3-16(4-6-17)10-11-2-1-7-20-11/h11H,1-10,14H2,(H,15,18). The average molecular weight is 284 g/mol. The van der Waals surface area contributed by atoms with Crippen LogP contribution in [0.1, 0.15) is 12.8 Å². The Balaban J connectivity index is 1.65. The normalized spacial score (nSPS) is 23.9. The molecule has 0 aromatic carbocycles. The summed E-state index contributed by atoms with van der Waals surface area (Å²) >= 11 is 0. The van der Waals surface area contributed by atoms with Gasteiger partial charge in [0.05, 0.1) is 19.2 Å². The molecule has 1 unspecified atom stereocenters. The van der Waals surface area contributed by atoms with E-state index < -0.39 is 0 Å². The van der Waals surface area contributed by atoms with Gasteiger partial charge in [0.15, 0.2) is 0 Å². The van der Waals surface area contributed by atoms with Crippen molar-refractivity contribution in [2.45, 2.75) is 18.9 Å². The van der Waals surface area contributed by atoms with Gasteiger partial charge in [-0.1, -0.05) is 0 Å². The lowest BCUT2D eigenvalue weighted by Gasteiger charge is -2.35. The molecule has 0 aromatic heterocycles. The van der Waals surface area contributed by atoms with Crippen molar-refractivity contribution in [2.75, 3.05) is 52.4 Å². The maximum Gasteiger partial charge on any atom is 0.242 e. The highest BCUT2D eigenvalue weighted by Crippen LogP contribution is 2.14. The highest BCUT2D eigenvalue weighted by molar-refractivity contribution is 5.85. The Labute approximate surface area is 119 Å². The SMILES string of the molecule is NCC(=O)NCC(=O)N1CCN(CC2CCCO2)CC1. The molecule has 0 aromatic rings. The molecule has 0 aliphatic carbocycles. The van der Waals surface area contributed by atoms with Crippen LogP contribution in [-0.2, 0) is 14.3 Å². The second-order valence-electron chi connectivity index (χ2n) is 5.30. The largest absolute Gasteiger partial charge is 0.377 e. The van der Waals surface area contributed by atoms with Crippen molar-refractivity contribution >= 4 is 11.8 Å². The predicted octanol–water partition coefficient (Wildman–Crippen LogP) is -1.62. The van der Waals surface area contributed by atoms with Crippen LogP contribution in [0, 0.1) is 0 Å². The highest BCUT2D eigenvalue weighted by atomic mass is 16.5. The van der Waals surface area contributed by atoms with Gasteiger partial charge in [-0.15, -0.1) is 0 Å². The first-order valence-electron chi connectivity index (χ1n) is 7.27. The first-order valence-corrected chi connectivity index (χ1v) is 7.27. The molecule has 0 spiro atoms. The van der Waals surface area contributed by atoms with Gasteiger partial charge in [0.25, 0.3) is 0 Å². The van der Waals surface area contributed by atoms with Gasteiger partial charge in [-0.2, -0.15) is 0 Å². The summed E-state index contributed by atoms with van der Waals surface area (Å²) in [6.07, 6.45) is 2.66. The smallest absolute Gasteiger partial charge is 0.242 e. The molecule has 0 saturated carbocycles. The molecule has 2 aliphatic heterocycles. The number of nitrogens with two attached hydrogens (primary N) is 1. The Kier molecular flexibility index (Phi) is 5.75. The van der Waals surface area contributed by atoms with E-state index in [1.165, 1.54) is 0 Å². The van der Waals surface area contributed by atoms with Crippen LogP contribution >= 0.6 is 0 Å². The van der Waals surface area contributed by atoms with E-state index in [2.05, 4.69) is 10.2 Å². The fourth-order valence-electron chi connectivity index (χ4n) is 2.61. The molecular formula is C13H24N4O3. The second kappa shape index (κ2) is 7.56. The number of amides is 2. The van der Waals surface area contributed by atoms with Crippen LogP contribution in [0.25, 0.3) is 0 Å². The minimum Gasteiger partial charge on any atom is -0.377 e. The van der Waals surface area contributed by atoms with Gasteiger partial charge >= 0.3 is 0 Å². The molecule has 20 heavy (non-hydrogen) atoms. The summed E-state index contributed by atoms with van der Waals surface area (Å²) in [6, 6.07) is 0. The van der Waals surface area contributed by atoms with Gasteiger partial charge in [0.1, 0.15) is 0 Å². The number of nitrogens with one attached hydrogen (secondary N) is 1. The third kappa shape index (κ3) is 4.43. The molecule has 2 amide bonds. The minimum absolute atomic E-state index is 0.0384. The van der Waals surface area contributed by atoms with Crippen molar-refractivity contribution in [1.82, 2.24) is 15.1 Å². The van der Waals surface area contributed by atoms with Crippen molar-refractivity contribution in [3.8, 4) is 0 Å². The third-order valence-electron chi connectivity index (χ3n) is 3.83. The van der Waals surface area contributed by atoms with E-state index >= 15 is 0 Å². The zero-order valence-electron chi connectivity index (χ0n) is 11.8. The number of carbonyl (C=O) groups excluding carboxylic acids is 2. The van der Waals surface area contributed by atoms with Gasteiger partial charge in [-0.25, -0.2) is 0 Å². The maximum atomic E-state index is 11.9. The summed E-state index contributed by atoms with van der Waals surface area (Å²) in [7, 11) is 0. The van der Waals surface area contributed by atoms with E-state index in [0.29, 0.717) is 19.2 Å². The fourth-order valence-corrected chi connectivity index (χ4v) is 2.61. The predicted molar refractivity (Wildman–Crippen MR) is 74.1 cm³/mol. The molecule has 0 bridgehead atoms. The van der Waals surface area contributed by atoms with Crippen LogP contribution in [0.2, 0.25) is 0 Å². The van der Waals surface area contributed by atoms with Gasteiger partial charge in [0, 0.05) is 39.3 Å². The van der Waals surface area contributed by atoms with Crippen molar-refractivity contribution < 1.29 is 14.3 Å². The Morgan fingerprint density at radius 1 is 1.25 bits per heavy atom. The Hall–Kier alpha value is -1.18. The lowest BCUT2D eigenvalue weighted by Crippen LogP contribution is -2.52. The first-order chi connectivity index (χ1) is 9.69. The van der Waals surface area contributed by atoms with Gasteiger partial charge in [-0.05, 0) is 12.8 Å². The van der Waals surface area contributed by atoms with Crippen LogP contribution in [0.4, 0.5) is 0 Å². The van der Waals surface area contributed by atoms with E-state index in [0.717, 1.165) is 39.1 Å². The molecule has 114 valence electrons. The summed E-state index contributed by atoms with van der Waals surface area (Å²) < 4.78 is 5.63. The number of carbonyl (C=O) groups is 2. The van der Waals surface area contributed by atoms with Crippen molar-refractivity contribution in [3.63, 3.8) is 0 Å². The lowest BCUT2D eigenvalue weighted by molar-refractivity contribution is -0.134. The monoisotopic (exact) mass is 284 g/mol. The molecular weight excluding hydrogens is 260 g/mol. The van der Waals surface area contributed by atoms with Crippen molar-refractivity contribution in [3.05, 3.63) is 0 Å². The summed E-state index contributed by atoms with van der Waals surface area (Å²) in [5.41, 5.74) is 5.18. The second-order valence-corrected chi connectivity index (χ2v) is 5.30. The molecule has 2 rings (SSSR count). The number of rotatable bonds is 5. The summed E-state index contributed by atoms with van der Waals surface area (Å²) in [5, 5.41) is 2.51. The topological polar surface area (TPSA) is 87.9 Å². The molecule has 7 nitrogen and oxygen atoms in total. The number of piperazine rings is 1. The maximum absolute atomic E-state index is 11.9. The average Bonchev–Trinajstić information content (AvgIpc) is 2.98. The zero-order valence-corrected chi connectivity index (χ0v) is 11.8. The van der Waals surface area contributed by atoms with Crippen LogP contribution in [-0.4, -0.2) is 80.1 Å². The number of nitrogens with zero attached hydrogens (tertiary/aromatic N) is 2. The summed E-state index contributed by atoms with van der Waals surface area (Å²) in [6.45, 7) is 4.97. The molecule has 7 heteroatoms. The molecule has 1 atom stereocenters. The summed E-state index contributed by atoms with van der Waals surface area (Å²) in [5.74, 6) is -0.334. The van der Waals surface area contributed by atoms with E-state index in [9.17, 15) is 9.59 Å². The molecule has 3 N–H and O–H groups in total. The van der Waals surface area contributed by atoms with E-state index in [1.807, 2.05) is 0 Å². The van der Waals surface area contributed by atoms with Crippen LogP contribution < -0.4 is 11.1 Å². The third-order valence-corrected chi connectivity index (χ3v) is 3.83. The molecule has 2 fully saturated rings. The van der Waals surface area contributed by atoms with Crippen molar-refractivity contribution in [2.24, 2.45) is 5.73 Å². The number of hydrogen-bond donors (Lipinski definition) is 2. The highest BCUT2D eigenvalue weighted by Gasteiger charge is 2.24. The van der Waals surface area contributed by atoms with E-state index in [-0.39, 0.29) is 24.9 Å². The lowest BCUT2D eigenvalue weighted by atomic mass is 10.2. The fraction of sp³-hybridized carbons (Fsp3) is 0.846. The Morgan fingerprint density at radius 2 is 2.00 bits per heavy atom. The first kappa shape index (κ1) is 15.2. The van der Waals surface area contributed by atoms with Crippen LogP contribution in [0.5, 0.6) is 0 Å². The number of ether oxygens (including phenoxy) is 1. The molecule has 0 radical (unpaired) electrons. The minimum atomic E-state index is -0.296. The quantitative estimate of drug-likeness (QED) is 0.634. The molecule has 2 aliphatic rings. The van der Waals surface area contributed by atoms with E-state index in [1.54, 1.807) is 4.90 Å². The van der Waals surface area contributed by atoms with Gasteiger partial charge < -0.3 is 20.7 Å². The molecule has 2 saturated heterocycles.